The van der Waals surface area contributed by atoms with Crippen molar-refractivity contribution < 1.29 is 22.7 Å². The highest BCUT2D eigenvalue weighted by Crippen LogP contribution is 2.41. The molecule has 1 aliphatic rings. The van der Waals surface area contributed by atoms with E-state index in [1.54, 1.807) is 6.07 Å². The molecule has 0 saturated heterocycles. The SMILES string of the molecule is Cc1cccc(-c2cccc(-c3cc(-c4nc(C(=O)O)cs4)c(CC4CC4)n3Cc3ccc(S(N)(=O)=O)c(F)c3)c2)c1. The van der Waals surface area contributed by atoms with Crippen molar-refractivity contribution in [3.63, 3.8) is 0 Å². The third-order valence-corrected chi connectivity index (χ3v) is 9.31. The Morgan fingerprint density at radius 1 is 1.05 bits per heavy atom. The van der Waals surface area contributed by atoms with Gasteiger partial charge in [0, 0.05) is 28.9 Å². The summed E-state index contributed by atoms with van der Waals surface area (Å²) in [5.74, 6) is -1.50. The van der Waals surface area contributed by atoms with Gasteiger partial charge in [0.25, 0.3) is 0 Å². The van der Waals surface area contributed by atoms with Gasteiger partial charge >= 0.3 is 5.97 Å². The van der Waals surface area contributed by atoms with E-state index in [1.165, 1.54) is 28.8 Å². The fourth-order valence-electron chi connectivity index (χ4n) is 5.24. The number of nitrogens with two attached hydrogens (primary N) is 1. The number of rotatable bonds is 9. The largest absolute Gasteiger partial charge is 0.476 e. The predicted octanol–water partition coefficient (Wildman–Crippen LogP) is 6.74. The van der Waals surface area contributed by atoms with Gasteiger partial charge in [0.1, 0.15) is 15.7 Å². The van der Waals surface area contributed by atoms with Crippen molar-refractivity contribution in [1.82, 2.24) is 9.55 Å². The Hall–Kier alpha value is -4.12. The Morgan fingerprint density at radius 2 is 1.76 bits per heavy atom. The Morgan fingerprint density at radius 3 is 2.40 bits per heavy atom. The first-order valence-corrected chi connectivity index (χ1v) is 15.9. The molecule has 1 aliphatic carbocycles. The summed E-state index contributed by atoms with van der Waals surface area (Å²) in [6.07, 6.45) is 2.95. The fraction of sp³-hybridized carbons (Fsp3) is 0.188. The first-order valence-electron chi connectivity index (χ1n) is 13.5. The molecule has 6 rings (SSSR count). The Balaban J connectivity index is 1.53. The third-order valence-electron chi connectivity index (χ3n) is 7.49. The van der Waals surface area contributed by atoms with Gasteiger partial charge in [0.05, 0.1) is 0 Å². The number of carbonyl (C=O) groups is 1. The second-order valence-electron chi connectivity index (χ2n) is 10.7. The summed E-state index contributed by atoms with van der Waals surface area (Å²) in [7, 11) is -4.20. The zero-order chi connectivity index (χ0) is 29.6. The third kappa shape index (κ3) is 5.78. The summed E-state index contributed by atoms with van der Waals surface area (Å²) in [5, 5.41) is 16.8. The molecular weight excluding hydrogens is 574 g/mol. The minimum absolute atomic E-state index is 0.0104. The number of halogens is 1. The van der Waals surface area contributed by atoms with E-state index in [9.17, 15) is 22.7 Å². The van der Waals surface area contributed by atoms with Gasteiger partial charge in [-0.05, 0) is 78.6 Å². The molecule has 3 aromatic carbocycles. The molecule has 0 unspecified atom stereocenters. The van der Waals surface area contributed by atoms with Crippen LogP contribution in [0.1, 0.15) is 40.2 Å². The molecule has 0 aliphatic heterocycles. The molecule has 2 aromatic heterocycles. The van der Waals surface area contributed by atoms with Crippen molar-refractivity contribution in [1.29, 1.82) is 0 Å². The van der Waals surface area contributed by atoms with Crippen LogP contribution in [0.25, 0.3) is 33.0 Å². The number of hydrogen-bond acceptors (Lipinski definition) is 5. The number of hydrogen-bond donors (Lipinski definition) is 2. The number of thiazole rings is 1. The molecule has 1 fully saturated rings. The van der Waals surface area contributed by atoms with Crippen molar-refractivity contribution in [3.05, 3.63) is 107 Å². The molecule has 0 bridgehead atoms. The lowest BCUT2D eigenvalue weighted by Crippen LogP contribution is -2.14. The van der Waals surface area contributed by atoms with Crippen molar-refractivity contribution in [2.24, 2.45) is 11.1 Å². The van der Waals surface area contributed by atoms with Crippen LogP contribution in [0, 0.1) is 18.7 Å². The summed E-state index contributed by atoms with van der Waals surface area (Å²) < 4.78 is 40.6. The van der Waals surface area contributed by atoms with E-state index in [-0.39, 0.29) is 12.2 Å². The van der Waals surface area contributed by atoms with Crippen LogP contribution in [0.2, 0.25) is 0 Å². The van der Waals surface area contributed by atoms with Crippen molar-refractivity contribution in [3.8, 4) is 33.0 Å². The molecule has 2 heterocycles. The van der Waals surface area contributed by atoms with Crippen LogP contribution in [0.4, 0.5) is 4.39 Å². The van der Waals surface area contributed by atoms with Crippen LogP contribution in [-0.4, -0.2) is 29.0 Å². The highest BCUT2D eigenvalue weighted by Gasteiger charge is 2.28. The number of primary sulfonamides is 1. The van der Waals surface area contributed by atoms with E-state index in [4.69, 9.17) is 5.14 Å². The second-order valence-corrected chi connectivity index (χ2v) is 13.1. The average Bonchev–Trinajstić information content (AvgIpc) is 3.50. The maximum absolute atomic E-state index is 14.9. The van der Waals surface area contributed by atoms with E-state index >= 15 is 0 Å². The summed E-state index contributed by atoms with van der Waals surface area (Å²) in [6, 6.07) is 22.5. The maximum Gasteiger partial charge on any atom is 0.355 e. The number of sulfonamides is 1. The second kappa shape index (κ2) is 10.9. The van der Waals surface area contributed by atoms with Crippen molar-refractivity contribution in [2.75, 3.05) is 0 Å². The van der Waals surface area contributed by atoms with Crippen molar-refractivity contribution in [2.45, 2.75) is 37.6 Å². The van der Waals surface area contributed by atoms with Gasteiger partial charge in [-0.1, -0.05) is 54.1 Å². The van der Waals surface area contributed by atoms with Crippen LogP contribution < -0.4 is 5.14 Å². The first-order chi connectivity index (χ1) is 20.1. The normalized spacial score (nSPS) is 13.4. The van der Waals surface area contributed by atoms with E-state index in [0.29, 0.717) is 16.5 Å². The monoisotopic (exact) mass is 601 g/mol. The van der Waals surface area contributed by atoms with Crippen LogP contribution in [0.5, 0.6) is 0 Å². The molecule has 0 amide bonds. The van der Waals surface area contributed by atoms with Gasteiger partial charge in [-0.3, -0.25) is 0 Å². The molecule has 42 heavy (non-hydrogen) atoms. The van der Waals surface area contributed by atoms with Gasteiger partial charge < -0.3 is 9.67 Å². The quantitative estimate of drug-likeness (QED) is 0.194. The molecule has 1 saturated carbocycles. The molecular formula is C32H28FN3O4S2. The number of carboxylic acids is 1. The Kier molecular flexibility index (Phi) is 7.30. The van der Waals surface area contributed by atoms with Crippen LogP contribution in [-0.2, 0) is 23.0 Å². The standard InChI is InChI=1S/C32H28FN3O4S2/c1-19-4-2-5-22(12-19)23-6-3-7-24(15-23)28-16-25(31-35-27(18-41-31)32(37)38)29(14-20-8-9-20)36(28)17-21-10-11-30(26(33)13-21)42(34,39)40/h2-7,10-13,15-16,18,20H,8-9,14,17H2,1H3,(H,37,38)(H2,34,39,40). The molecule has 0 spiro atoms. The molecule has 10 heteroatoms. The molecule has 7 nitrogen and oxygen atoms in total. The van der Waals surface area contributed by atoms with Gasteiger partial charge in [-0.2, -0.15) is 0 Å². The number of aromatic carboxylic acids is 1. The zero-order valence-corrected chi connectivity index (χ0v) is 24.4. The van der Waals surface area contributed by atoms with Gasteiger partial charge in [-0.15, -0.1) is 11.3 Å². The summed E-state index contributed by atoms with van der Waals surface area (Å²) in [4.78, 5) is 15.5. The fourth-order valence-corrected chi connectivity index (χ4v) is 6.66. The lowest BCUT2D eigenvalue weighted by molar-refractivity contribution is 0.0691. The van der Waals surface area contributed by atoms with E-state index in [1.807, 2.05) is 24.3 Å². The topological polar surface area (TPSA) is 115 Å². The minimum Gasteiger partial charge on any atom is -0.476 e. The van der Waals surface area contributed by atoms with E-state index in [2.05, 4.69) is 46.8 Å². The molecule has 3 N–H and O–H groups in total. The Bertz CT molecular complexity index is 1940. The van der Waals surface area contributed by atoms with Gasteiger partial charge in [0.15, 0.2) is 5.69 Å². The highest BCUT2D eigenvalue weighted by molar-refractivity contribution is 7.89. The van der Waals surface area contributed by atoms with Crippen LogP contribution in [0.15, 0.2) is 83.1 Å². The summed E-state index contributed by atoms with van der Waals surface area (Å²) >= 11 is 1.28. The zero-order valence-electron chi connectivity index (χ0n) is 22.7. The minimum atomic E-state index is -4.20. The van der Waals surface area contributed by atoms with Crippen LogP contribution in [0.3, 0.4) is 0 Å². The number of nitrogens with zero attached hydrogens (tertiary/aromatic N) is 2. The molecule has 5 aromatic rings. The number of benzene rings is 3. The number of aryl methyl sites for hydroxylation is 1. The lowest BCUT2D eigenvalue weighted by Gasteiger charge is -2.16. The Labute approximate surface area is 247 Å². The summed E-state index contributed by atoms with van der Waals surface area (Å²) in [5.41, 5.74) is 7.47. The summed E-state index contributed by atoms with van der Waals surface area (Å²) in [6.45, 7) is 2.32. The lowest BCUT2D eigenvalue weighted by atomic mass is 10.00. The molecule has 0 atom stereocenters. The van der Waals surface area contributed by atoms with Gasteiger partial charge in [0.2, 0.25) is 10.0 Å². The van der Waals surface area contributed by atoms with Crippen LogP contribution >= 0.6 is 11.3 Å². The van der Waals surface area contributed by atoms with Crippen molar-refractivity contribution >= 4 is 27.3 Å². The first kappa shape index (κ1) is 28.0. The highest BCUT2D eigenvalue weighted by atomic mass is 32.2. The van der Waals surface area contributed by atoms with Gasteiger partial charge in [-0.25, -0.2) is 27.7 Å². The average molecular weight is 602 g/mol. The number of aromatic nitrogens is 2. The number of carboxylic acid groups (broad SMARTS) is 1. The smallest absolute Gasteiger partial charge is 0.355 e. The molecule has 0 radical (unpaired) electrons. The molecule has 214 valence electrons. The van der Waals surface area contributed by atoms with E-state index in [0.717, 1.165) is 58.5 Å². The maximum atomic E-state index is 14.9. The predicted molar refractivity (Wildman–Crippen MR) is 161 cm³/mol. The van der Waals surface area contributed by atoms with E-state index < -0.39 is 26.7 Å².